The summed E-state index contributed by atoms with van der Waals surface area (Å²) in [4.78, 5) is 15.8. The first-order chi connectivity index (χ1) is 7.97. The van der Waals surface area contributed by atoms with Crippen LogP contribution < -0.4 is 5.32 Å². The number of rotatable bonds is 2. The van der Waals surface area contributed by atoms with Gasteiger partial charge in [0, 0.05) is 4.47 Å². The molecule has 0 saturated heterocycles. The molecule has 0 aliphatic heterocycles. The second-order valence-electron chi connectivity index (χ2n) is 3.69. The van der Waals surface area contributed by atoms with E-state index < -0.39 is 5.38 Å². The Morgan fingerprint density at radius 2 is 2.29 bits per heavy atom. The van der Waals surface area contributed by atoms with E-state index in [1.165, 1.54) is 11.3 Å². The van der Waals surface area contributed by atoms with Crippen molar-refractivity contribution < 1.29 is 4.79 Å². The Kier molecular flexibility index (Phi) is 3.70. The van der Waals surface area contributed by atoms with E-state index >= 15 is 0 Å². The lowest BCUT2D eigenvalue weighted by Gasteiger charge is -2.01. The molecule has 2 aromatic rings. The molecule has 0 aliphatic carbocycles. The molecule has 1 aromatic carbocycles. The van der Waals surface area contributed by atoms with Gasteiger partial charge in [-0.1, -0.05) is 27.3 Å². The van der Waals surface area contributed by atoms with Gasteiger partial charge in [-0.3, -0.25) is 4.79 Å². The minimum absolute atomic E-state index is 0.234. The van der Waals surface area contributed by atoms with Crippen LogP contribution >= 0.6 is 38.9 Å². The molecule has 1 heterocycles. The number of aromatic nitrogens is 1. The van der Waals surface area contributed by atoms with Crippen molar-refractivity contribution in [3.8, 4) is 0 Å². The predicted octanol–water partition coefficient (Wildman–Crippen LogP) is 3.93. The molecule has 0 saturated carbocycles. The van der Waals surface area contributed by atoms with Crippen LogP contribution in [-0.2, 0) is 4.79 Å². The number of aryl methyl sites for hydroxylation is 1. The number of benzene rings is 1. The van der Waals surface area contributed by atoms with E-state index in [1.807, 2.05) is 19.1 Å². The van der Waals surface area contributed by atoms with Crippen molar-refractivity contribution in [2.45, 2.75) is 19.2 Å². The fourth-order valence-electron chi connectivity index (χ4n) is 1.41. The molecule has 1 N–H and O–H groups in total. The highest BCUT2D eigenvalue weighted by atomic mass is 79.9. The molecule has 6 heteroatoms. The topological polar surface area (TPSA) is 42.0 Å². The van der Waals surface area contributed by atoms with Gasteiger partial charge in [-0.15, -0.1) is 11.6 Å². The third kappa shape index (κ3) is 2.78. The molecule has 1 aromatic heterocycles. The third-order valence-corrected chi connectivity index (χ3v) is 3.82. The van der Waals surface area contributed by atoms with Crippen LogP contribution in [0.3, 0.4) is 0 Å². The van der Waals surface area contributed by atoms with Crippen LogP contribution in [0.5, 0.6) is 0 Å². The maximum absolute atomic E-state index is 11.5. The quantitative estimate of drug-likeness (QED) is 0.846. The van der Waals surface area contributed by atoms with E-state index in [-0.39, 0.29) is 5.91 Å². The van der Waals surface area contributed by atoms with E-state index in [2.05, 4.69) is 26.2 Å². The molecular formula is C11H10BrClN2OS. The monoisotopic (exact) mass is 332 g/mol. The first-order valence-corrected chi connectivity index (χ1v) is 7.03. The summed E-state index contributed by atoms with van der Waals surface area (Å²) in [5.74, 6) is -0.234. The molecule has 0 spiro atoms. The average Bonchev–Trinajstić information content (AvgIpc) is 2.60. The number of thiazole rings is 1. The first kappa shape index (κ1) is 12.8. The molecule has 0 bridgehead atoms. The summed E-state index contributed by atoms with van der Waals surface area (Å²) in [6.07, 6.45) is 0. The number of amides is 1. The van der Waals surface area contributed by atoms with Crippen molar-refractivity contribution >= 4 is 60.1 Å². The molecule has 0 fully saturated rings. The summed E-state index contributed by atoms with van der Waals surface area (Å²) >= 11 is 10.6. The van der Waals surface area contributed by atoms with E-state index in [4.69, 9.17) is 11.6 Å². The Morgan fingerprint density at radius 3 is 2.94 bits per heavy atom. The van der Waals surface area contributed by atoms with Crippen LogP contribution in [0.2, 0.25) is 0 Å². The number of carbonyl (C=O) groups is 1. The normalized spacial score (nSPS) is 12.7. The molecule has 1 amide bonds. The second-order valence-corrected chi connectivity index (χ2v) is 6.29. The summed E-state index contributed by atoms with van der Waals surface area (Å²) in [5, 5.41) is 2.72. The predicted molar refractivity (Wildman–Crippen MR) is 76.0 cm³/mol. The minimum Gasteiger partial charge on any atom is -0.301 e. The maximum atomic E-state index is 11.5. The van der Waals surface area contributed by atoms with Crippen molar-refractivity contribution in [3.05, 3.63) is 22.2 Å². The van der Waals surface area contributed by atoms with E-state index in [0.29, 0.717) is 5.13 Å². The minimum atomic E-state index is -0.560. The summed E-state index contributed by atoms with van der Waals surface area (Å²) in [7, 11) is 0. The maximum Gasteiger partial charge on any atom is 0.243 e. The molecule has 1 atom stereocenters. The largest absolute Gasteiger partial charge is 0.301 e. The molecule has 17 heavy (non-hydrogen) atoms. The zero-order valence-electron chi connectivity index (χ0n) is 9.25. The van der Waals surface area contributed by atoms with Crippen molar-refractivity contribution in [3.63, 3.8) is 0 Å². The number of alkyl halides is 1. The molecule has 0 aliphatic rings. The van der Waals surface area contributed by atoms with Gasteiger partial charge < -0.3 is 5.32 Å². The molecule has 90 valence electrons. The lowest BCUT2D eigenvalue weighted by atomic mass is 10.2. The Morgan fingerprint density at radius 1 is 1.59 bits per heavy atom. The summed E-state index contributed by atoms with van der Waals surface area (Å²) in [6, 6.07) is 3.98. The van der Waals surface area contributed by atoms with E-state index in [0.717, 1.165) is 20.3 Å². The fraction of sp³-hybridized carbons (Fsp3) is 0.273. The van der Waals surface area contributed by atoms with Crippen LogP contribution in [0, 0.1) is 6.92 Å². The van der Waals surface area contributed by atoms with Gasteiger partial charge in [0.05, 0.1) is 10.2 Å². The number of nitrogens with zero attached hydrogens (tertiary/aromatic N) is 1. The van der Waals surface area contributed by atoms with Crippen molar-refractivity contribution in [1.82, 2.24) is 4.98 Å². The zero-order valence-corrected chi connectivity index (χ0v) is 12.4. The molecule has 2 rings (SSSR count). The smallest absolute Gasteiger partial charge is 0.243 e. The highest BCUT2D eigenvalue weighted by Gasteiger charge is 2.13. The summed E-state index contributed by atoms with van der Waals surface area (Å²) < 4.78 is 2.05. The number of halogens is 2. The van der Waals surface area contributed by atoms with Crippen molar-refractivity contribution in [1.29, 1.82) is 0 Å². The number of anilines is 1. The van der Waals surface area contributed by atoms with Gasteiger partial charge in [0.25, 0.3) is 0 Å². The van der Waals surface area contributed by atoms with Crippen LogP contribution in [0.4, 0.5) is 5.13 Å². The van der Waals surface area contributed by atoms with Gasteiger partial charge >= 0.3 is 0 Å². The number of fused-ring (bicyclic) bond motifs is 1. The van der Waals surface area contributed by atoms with Gasteiger partial charge in [-0.25, -0.2) is 4.98 Å². The first-order valence-electron chi connectivity index (χ1n) is 4.99. The van der Waals surface area contributed by atoms with E-state index in [1.54, 1.807) is 6.92 Å². The zero-order chi connectivity index (χ0) is 12.6. The van der Waals surface area contributed by atoms with Crippen LogP contribution in [-0.4, -0.2) is 16.3 Å². The van der Waals surface area contributed by atoms with Crippen LogP contribution in [0.25, 0.3) is 10.2 Å². The van der Waals surface area contributed by atoms with Gasteiger partial charge in [0.15, 0.2) is 5.13 Å². The lowest BCUT2D eigenvalue weighted by molar-refractivity contribution is -0.115. The molecular weight excluding hydrogens is 324 g/mol. The van der Waals surface area contributed by atoms with Crippen LogP contribution in [0.15, 0.2) is 16.6 Å². The van der Waals surface area contributed by atoms with Gasteiger partial charge in [0.1, 0.15) is 5.38 Å². The Hall–Kier alpha value is -0.650. The standard InChI is InChI=1S/C11H10BrClN2OS/c1-5-3-7(12)4-8-9(5)14-11(17-8)15-10(16)6(2)13/h3-4,6H,1-2H3,(H,14,15,16)/t6-/m0/s1. The summed E-state index contributed by atoms with van der Waals surface area (Å²) in [5.41, 5.74) is 1.99. The molecule has 0 radical (unpaired) electrons. The number of nitrogens with one attached hydrogen (secondary N) is 1. The SMILES string of the molecule is Cc1cc(Br)cc2sc(NC(=O)[C@H](C)Cl)nc12. The summed E-state index contributed by atoms with van der Waals surface area (Å²) in [6.45, 7) is 3.62. The average molecular weight is 334 g/mol. The Labute approximate surface area is 116 Å². The molecule has 0 unspecified atom stereocenters. The number of carbonyl (C=O) groups excluding carboxylic acids is 1. The van der Waals surface area contributed by atoms with Gasteiger partial charge in [0.2, 0.25) is 5.91 Å². The third-order valence-electron chi connectivity index (χ3n) is 2.24. The number of hydrogen-bond donors (Lipinski definition) is 1. The fourth-order valence-corrected chi connectivity index (χ4v) is 3.18. The van der Waals surface area contributed by atoms with Gasteiger partial charge in [-0.05, 0) is 31.5 Å². The highest BCUT2D eigenvalue weighted by Crippen LogP contribution is 2.31. The molecule has 3 nitrogen and oxygen atoms in total. The second kappa shape index (κ2) is 4.92. The van der Waals surface area contributed by atoms with E-state index in [9.17, 15) is 4.79 Å². The van der Waals surface area contributed by atoms with Crippen LogP contribution in [0.1, 0.15) is 12.5 Å². The lowest BCUT2D eigenvalue weighted by Crippen LogP contribution is -2.19. The highest BCUT2D eigenvalue weighted by molar-refractivity contribution is 9.10. The van der Waals surface area contributed by atoms with Crippen molar-refractivity contribution in [2.75, 3.05) is 5.32 Å². The van der Waals surface area contributed by atoms with Crippen molar-refractivity contribution in [2.24, 2.45) is 0 Å². The number of hydrogen-bond acceptors (Lipinski definition) is 3. The Balaban J connectivity index is 2.38. The Bertz CT molecular complexity index is 582. The van der Waals surface area contributed by atoms with Gasteiger partial charge in [-0.2, -0.15) is 0 Å².